The van der Waals surface area contributed by atoms with Crippen molar-refractivity contribution in [1.82, 2.24) is 10.2 Å². The second kappa shape index (κ2) is 9.52. The van der Waals surface area contributed by atoms with Crippen molar-refractivity contribution in [2.45, 2.75) is 0 Å². The summed E-state index contributed by atoms with van der Waals surface area (Å²) in [5.74, 6) is -0.364. The van der Waals surface area contributed by atoms with Crippen LogP contribution in [0.3, 0.4) is 0 Å². The van der Waals surface area contributed by atoms with Gasteiger partial charge in [-0.1, -0.05) is 12.1 Å². The SMILES string of the molecule is COc1ccc(NC(=O)CN2C(=O)N/C(=C\c3ccc(N4CCOCC4)cc3)C2=O)cc1. The molecule has 2 aliphatic heterocycles. The summed E-state index contributed by atoms with van der Waals surface area (Å²) in [6.07, 6.45) is 1.60. The third-order valence-corrected chi connectivity index (χ3v) is 5.22. The molecule has 32 heavy (non-hydrogen) atoms. The van der Waals surface area contributed by atoms with E-state index in [2.05, 4.69) is 15.5 Å². The zero-order valence-corrected chi connectivity index (χ0v) is 17.7. The van der Waals surface area contributed by atoms with E-state index in [-0.39, 0.29) is 12.2 Å². The number of nitrogens with one attached hydrogen (secondary N) is 2. The van der Waals surface area contributed by atoms with Gasteiger partial charge in [-0.25, -0.2) is 9.69 Å². The lowest BCUT2D eigenvalue weighted by atomic mass is 10.1. The van der Waals surface area contributed by atoms with Gasteiger partial charge in [0.1, 0.15) is 18.0 Å². The van der Waals surface area contributed by atoms with Gasteiger partial charge >= 0.3 is 6.03 Å². The van der Waals surface area contributed by atoms with Crippen LogP contribution in [0, 0.1) is 0 Å². The molecule has 0 aromatic heterocycles. The van der Waals surface area contributed by atoms with Crippen molar-refractivity contribution >= 4 is 35.3 Å². The standard InChI is InChI=1S/C23H24N4O5/c1-31-19-8-4-17(5-9-19)24-21(28)15-27-22(29)20(25-23(27)30)14-16-2-6-18(7-3-16)26-10-12-32-13-11-26/h2-9,14H,10-13,15H2,1H3,(H,24,28)(H,25,30)/b20-14-. The van der Waals surface area contributed by atoms with Gasteiger partial charge in [-0.3, -0.25) is 9.59 Å². The average molecular weight is 436 g/mol. The van der Waals surface area contributed by atoms with Gasteiger partial charge in [-0.15, -0.1) is 0 Å². The highest BCUT2D eigenvalue weighted by Crippen LogP contribution is 2.20. The molecule has 9 heteroatoms. The van der Waals surface area contributed by atoms with Crippen molar-refractivity contribution in [1.29, 1.82) is 0 Å². The smallest absolute Gasteiger partial charge is 0.329 e. The summed E-state index contributed by atoms with van der Waals surface area (Å²) in [6.45, 7) is 2.69. The number of ether oxygens (including phenoxy) is 2. The third-order valence-electron chi connectivity index (χ3n) is 5.22. The lowest BCUT2D eigenvalue weighted by Gasteiger charge is -2.28. The molecule has 0 radical (unpaired) electrons. The van der Waals surface area contributed by atoms with E-state index in [0.29, 0.717) is 24.7 Å². The number of morpholine rings is 1. The van der Waals surface area contributed by atoms with E-state index in [0.717, 1.165) is 29.2 Å². The van der Waals surface area contributed by atoms with Crippen LogP contribution in [0.15, 0.2) is 54.2 Å². The minimum absolute atomic E-state index is 0.131. The Labute approximate surface area is 185 Å². The van der Waals surface area contributed by atoms with Crippen LogP contribution in [0.4, 0.5) is 16.2 Å². The van der Waals surface area contributed by atoms with Crippen LogP contribution in [-0.2, 0) is 14.3 Å². The molecule has 2 fully saturated rings. The fraction of sp³-hybridized carbons (Fsp3) is 0.261. The zero-order valence-electron chi connectivity index (χ0n) is 17.7. The number of nitrogens with zero attached hydrogens (tertiary/aromatic N) is 2. The zero-order chi connectivity index (χ0) is 22.5. The van der Waals surface area contributed by atoms with Gasteiger partial charge < -0.3 is 25.0 Å². The van der Waals surface area contributed by atoms with Crippen molar-refractivity contribution in [3.8, 4) is 5.75 Å². The molecule has 0 spiro atoms. The molecule has 0 atom stereocenters. The highest BCUT2D eigenvalue weighted by atomic mass is 16.5. The molecule has 2 aliphatic rings. The highest BCUT2D eigenvalue weighted by Gasteiger charge is 2.34. The van der Waals surface area contributed by atoms with Crippen LogP contribution >= 0.6 is 0 Å². The van der Waals surface area contributed by atoms with Gasteiger partial charge in [0.15, 0.2) is 0 Å². The Balaban J connectivity index is 1.38. The normalized spacial score (nSPS) is 17.5. The Morgan fingerprint density at radius 3 is 2.44 bits per heavy atom. The average Bonchev–Trinajstić information content (AvgIpc) is 3.08. The number of amides is 4. The second-order valence-electron chi connectivity index (χ2n) is 7.35. The largest absolute Gasteiger partial charge is 0.497 e. The van der Waals surface area contributed by atoms with Gasteiger partial charge in [0.05, 0.1) is 20.3 Å². The molecule has 0 saturated carbocycles. The number of hydrogen-bond acceptors (Lipinski definition) is 6. The lowest BCUT2D eigenvalue weighted by molar-refractivity contribution is -0.127. The first-order valence-corrected chi connectivity index (χ1v) is 10.2. The predicted molar refractivity (Wildman–Crippen MR) is 119 cm³/mol. The molecule has 9 nitrogen and oxygen atoms in total. The van der Waals surface area contributed by atoms with E-state index in [1.54, 1.807) is 37.5 Å². The Morgan fingerprint density at radius 1 is 1.09 bits per heavy atom. The maximum atomic E-state index is 12.7. The van der Waals surface area contributed by atoms with Crippen molar-refractivity contribution in [3.05, 3.63) is 59.8 Å². The molecule has 4 amide bonds. The number of carbonyl (C=O) groups is 3. The van der Waals surface area contributed by atoms with Crippen LogP contribution in [0.1, 0.15) is 5.56 Å². The topological polar surface area (TPSA) is 100 Å². The molecule has 166 valence electrons. The number of benzene rings is 2. The molecule has 2 saturated heterocycles. The van der Waals surface area contributed by atoms with Crippen molar-refractivity contribution in [3.63, 3.8) is 0 Å². The maximum Gasteiger partial charge on any atom is 0.329 e. The minimum Gasteiger partial charge on any atom is -0.497 e. The van der Waals surface area contributed by atoms with E-state index >= 15 is 0 Å². The van der Waals surface area contributed by atoms with Crippen LogP contribution < -0.4 is 20.3 Å². The van der Waals surface area contributed by atoms with E-state index in [4.69, 9.17) is 9.47 Å². The third kappa shape index (κ3) is 4.89. The molecular weight excluding hydrogens is 412 g/mol. The molecule has 2 aromatic carbocycles. The predicted octanol–water partition coefficient (Wildman–Crippen LogP) is 2.06. The number of anilines is 2. The van der Waals surface area contributed by atoms with Crippen LogP contribution in [0.5, 0.6) is 5.75 Å². The fourth-order valence-corrected chi connectivity index (χ4v) is 3.50. The van der Waals surface area contributed by atoms with Crippen LogP contribution in [-0.4, -0.2) is 62.7 Å². The van der Waals surface area contributed by atoms with Gasteiger partial charge in [-0.2, -0.15) is 0 Å². The minimum atomic E-state index is -0.629. The number of rotatable bonds is 6. The van der Waals surface area contributed by atoms with Crippen molar-refractivity contribution in [2.24, 2.45) is 0 Å². The summed E-state index contributed by atoms with van der Waals surface area (Å²) < 4.78 is 10.4. The Hall–Kier alpha value is -3.85. The summed E-state index contributed by atoms with van der Waals surface area (Å²) in [4.78, 5) is 40.3. The molecule has 0 unspecified atom stereocenters. The lowest BCUT2D eigenvalue weighted by Crippen LogP contribution is -2.38. The maximum absolute atomic E-state index is 12.7. The van der Waals surface area contributed by atoms with Gasteiger partial charge in [0.2, 0.25) is 5.91 Å². The molecule has 2 heterocycles. The molecule has 4 rings (SSSR count). The van der Waals surface area contributed by atoms with Crippen LogP contribution in [0.25, 0.3) is 6.08 Å². The van der Waals surface area contributed by atoms with Gasteiger partial charge in [-0.05, 0) is 48.0 Å². The van der Waals surface area contributed by atoms with Gasteiger partial charge in [0.25, 0.3) is 5.91 Å². The summed E-state index contributed by atoms with van der Waals surface area (Å²) in [5.41, 5.74) is 2.52. The summed E-state index contributed by atoms with van der Waals surface area (Å²) in [5, 5.41) is 5.20. The number of carbonyl (C=O) groups excluding carboxylic acids is 3. The summed E-state index contributed by atoms with van der Waals surface area (Å²) >= 11 is 0. The van der Waals surface area contributed by atoms with E-state index in [9.17, 15) is 14.4 Å². The first-order chi connectivity index (χ1) is 15.5. The van der Waals surface area contributed by atoms with Gasteiger partial charge in [0, 0.05) is 24.5 Å². The van der Waals surface area contributed by atoms with Crippen molar-refractivity contribution < 1.29 is 23.9 Å². The van der Waals surface area contributed by atoms with E-state index in [1.165, 1.54) is 0 Å². The second-order valence-corrected chi connectivity index (χ2v) is 7.35. The number of methoxy groups -OCH3 is 1. The first-order valence-electron chi connectivity index (χ1n) is 10.2. The van der Waals surface area contributed by atoms with E-state index in [1.807, 2.05) is 24.3 Å². The Morgan fingerprint density at radius 2 is 1.78 bits per heavy atom. The quantitative estimate of drug-likeness (QED) is 0.531. The monoisotopic (exact) mass is 436 g/mol. The molecular formula is C23H24N4O5. The highest BCUT2D eigenvalue weighted by molar-refractivity contribution is 6.15. The Bertz CT molecular complexity index is 1030. The van der Waals surface area contributed by atoms with Crippen molar-refractivity contribution in [2.75, 3.05) is 50.2 Å². The summed E-state index contributed by atoms with van der Waals surface area (Å²) in [7, 11) is 1.55. The van der Waals surface area contributed by atoms with E-state index < -0.39 is 17.8 Å². The fourth-order valence-electron chi connectivity index (χ4n) is 3.50. The molecule has 2 aromatic rings. The molecule has 0 aliphatic carbocycles. The number of urea groups is 1. The number of imide groups is 1. The molecule has 2 N–H and O–H groups in total. The van der Waals surface area contributed by atoms with Crippen LogP contribution in [0.2, 0.25) is 0 Å². The summed E-state index contributed by atoms with van der Waals surface area (Å²) in [6, 6.07) is 13.8. The Kier molecular flexibility index (Phi) is 6.37. The number of hydrogen-bond donors (Lipinski definition) is 2. The first kappa shape index (κ1) is 21.4. The molecule has 0 bridgehead atoms.